The Hall–Kier alpha value is -1.46. The molecule has 22 heavy (non-hydrogen) atoms. The van der Waals surface area contributed by atoms with Crippen LogP contribution in [0.25, 0.3) is 0 Å². The van der Waals surface area contributed by atoms with Crippen LogP contribution in [0.4, 0.5) is 4.79 Å². The summed E-state index contributed by atoms with van der Waals surface area (Å²) in [6.45, 7) is 6.76. The fourth-order valence-corrected chi connectivity index (χ4v) is 2.52. The van der Waals surface area contributed by atoms with Gasteiger partial charge in [0.15, 0.2) is 0 Å². The van der Waals surface area contributed by atoms with E-state index in [1.807, 2.05) is 0 Å². The molecule has 2 atom stereocenters. The minimum atomic E-state index is -1.10. The smallest absolute Gasteiger partial charge is 0.407 e. The molecule has 5 nitrogen and oxygen atoms in total. The Morgan fingerprint density at radius 2 is 1.68 bits per heavy atom. The van der Waals surface area contributed by atoms with Crippen molar-refractivity contribution in [2.75, 3.05) is 0 Å². The monoisotopic (exact) mass is 347 g/mol. The standard InChI is InChI=1S/C15H19Cl2NO4/c1-8(18-14(21)22-15(2,3)4)12(13(19)20)9-5-10(16)7-11(17)6-9/h5-8,12H,1-4H3,(H,18,21)(H,19,20). The second-order valence-corrected chi connectivity index (χ2v) is 6.83. The molecule has 0 radical (unpaired) electrons. The van der Waals surface area contributed by atoms with Gasteiger partial charge in [0.2, 0.25) is 0 Å². The van der Waals surface area contributed by atoms with Crippen molar-refractivity contribution >= 4 is 35.3 Å². The number of carbonyl (C=O) groups is 2. The first kappa shape index (κ1) is 18.6. The summed E-state index contributed by atoms with van der Waals surface area (Å²) in [5.74, 6) is -2.09. The fraction of sp³-hybridized carbons (Fsp3) is 0.467. The van der Waals surface area contributed by atoms with Gasteiger partial charge in [0.05, 0.1) is 0 Å². The summed E-state index contributed by atoms with van der Waals surface area (Å²) < 4.78 is 5.13. The lowest BCUT2D eigenvalue weighted by Gasteiger charge is -2.25. The molecule has 0 aliphatic carbocycles. The summed E-state index contributed by atoms with van der Waals surface area (Å²) in [6.07, 6.45) is -0.681. The maximum absolute atomic E-state index is 11.8. The normalized spacial score (nSPS) is 14.1. The molecule has 0 aromatic heterocycles. The van der Waals surface area contributed by atoms with Crippen molar-refractivity contribution in [2.45, 2.75) is 45.3 Å². The van der Waals surface area contributed by atoms with Gasteiger partial charge < -0.3 is 15.2 Å². The number of alkyl carbamates (subject to hydrolysis) is 1. The molecule has 1 aromatic rings. The molecule has 1 aromatic carbocycles. The van der Waals surface area contributed by atoms with Gasteiger partial charge in [-0.1, -0.05) is 23.2 Å². The third kappa shape index (κ3) is 5.73. The maximum atomic E-state index is 11.8. The number of hydrogen-bond donors (Lipinski definition) is 2. The molecule has 1 amide bonds. The molecule has 0 bridgehead atoms. The molecule has 7 heteroatoms. The van der Waals surface area contributed by atoms with E-state index in [1.165, 1.54) is 18.2 Å². The van der Waals surface area contributed by atoms with Crippen LogP contribution in [0.1, 0.15) is 39.2 Å². The van der Waals surface area contributed by atoms with Crippen molar-refractivity contribution in [3.05, 3.63) is 33.8 Å². The number of carbonyl (C=O) groups excluding carboxylic acids is 1. The third-order valence-electron chi connectivity index (χ3n) is 2.75. The predicted octanol–water partition coefficient (Wildman–Crippen LogP) is 4.07. The summed E-state index contributed by atoms with van der Waals surface area (Å²) in [4.78, 5) is 23.3. The topological polar surface area (TPSA) is 75.6 Å². The minimum Gasteiger partial charge on any atom is -0.481 e. The van der Waals surface area contributed by atoms with Crippen molar-refractivity contribution in [2.24, 2.45) is 0 Å². The third-order valence-corrected chi connectivity index (χ3v) is 3.19. The van der Waals surface area contributed by atoms with Gasteiger partial charge in [-0.05, 0) is 51.5 Å². The first-order valence-electron chi connectivity index (χ1n) is 6.68. The number of aliphatic carboxylic acids is 1. The number of carboxylic acids is 1. The van der Waals surface area contributed by atoms with Crippen LogP contribution in [-0.4, -0.2) is 28.8 Å². The van der Waals surface area contributed by atoms with Gasteiger partial charge in [-0.25, -0.2) is 4.79 Å². The number of hydrogen-bond acceptors (Lipinski definition) is 3. The molecule has 0 aliphatic rings. The zero-order valence-corrected chi connectivity index (χ0v) is 14.3. The average Bonchev–Trinajstić information content (AvgIpc) is 2.23. The van der Waals surface area contributed by atoms with E-state index in [-0.39, 0.29) is 0 Å². The molecule has 122 valence electrons. The highest BCUT2D eigenvalue weighted by Gasteiger charge is 2.29. The lowest BCUT2D eigenvalue weighted by Crippen LogP contribution is -2.42. The highest BCUT2D eigenvalue weighted by molar-refractivity contribution is 6.34. The van der Waals surface area contributed by atoms with E-state index in [4.69, 9.17) is 27.9 Å². The number of halogens is 2. The Morgan fingerprint density at radius 3 is 2.09 bits per heavy atom. The van der Waals surface area contributed by atoms with Gasteiger partial charge in [0, 0.05) is 16.1 Å². The summed E-state index contributed by atoms with van der Waals surface area (Å²) >= 11 is 11.8. The first-order chi connectivity index (χ1) is 9.99. The van der Waals surface area contributed by atoms with Gasteiger partial charge in [-0.2, -0.15) is 0 Å². The van der Waals surface area contributed by atoms with E-state index in [0.717, 1.165) is 0 Å². The largest absolute Gasteiger partial charge is 0.481 e. The van der Waals surface area contributed by atoms with Crippen molar-refractivity contribution in [3.8, 4) is 0 Å². The van der Waals surface area contributed by atoms with Gasteiger partial charge in [0.1, 0.15) is 11.5 Å². The molecular formula is C15H19Cl2NO4. The highest BCUT2D eigenvalue weighted by Crippen LogP contribution is 2.27. The van der Waals surface area contributed by atoms with E-state index < -0.39 is 29.6 Å². The summed E-state index contributed by atoms with van der Waals surface area (Å²) in [5.41, 5.74) is -0.254. The number of rotatable bonds is 4. The molecule has 0 aliphatic heterocycles. The number of nitrogens with one attached hydrogen (secondary N) is 1. The van der Waals surface area contributed by atoms with E-state index in [2.05, 4.69) is 5.32 Å². The Morgan fingerprint density at radius 1 is 1.18 bits per heavy atom. The van der Waals surface area contributed by atoms with Crippen molar-refractivity contribution in [1.82, 2.24) is 5.32 Å². The van der Waals surface area contributed by atoms with Crippen LogP contribution in [0, 0.1) is 0 Å². The molecule has 1 rings (SSSR count). The van der Waals surface area contributed by atoms with E-state index in [0.29, 0.717) is 15.6 Å². The molecule has 0 saturated heterocycles. The Labute approximate surface area is 139 Å². The summed E-state index contributed by atoms with van der Waals surface area (Å²) in [5, 5.41) is 12.6. The first-order valence-corrected chi connectivity index (χ1v) is 7.43. The average molecular weight is 348 g/mol. The van der Waals surface area contributed by atoms with Gasteiger partial charge >= 0.3 is 12.1 Å². The van der Waals surface area contributed by atoms with Crippen LogP contribution in [0.3, 0.4) is 0 Å². The predicted molar refractivity (Wildman–Crippen MR) is 85.7 cm³/mol. The molecular weight excluding hydrogens is 329 g/mol. The Balaban J connectivity index is 2.96. The summed E-state index contributed by atoms with van der Waals surface area (Å²) in [7, 11) is 0. The van der Waals surface area contributed by atoms with E-state index in [9.17, 15) is 14.7 Å². The van der Waals surface area contributed by atoms with Crippen LogP contribution < -0.4 is 5.32 Å². The van der Waals surface area contributed by atoms with Crippen LogP contribution in [-0.2, 0) is 9.53 Å². The van der Waals surface area contributed by atoms with E-state index >= 15 is 0 Å². The second-order valence-electron chi connectivity index (χ2n) is 5.95. The number of carboxylic acid groups (broad SMARTS) is 1. The minimum absolute atomic E-state index is 0.332. The maximum Gasteiger partial charge on any atom is 0.407 e. The quantitative estimate of drug-likeness (QED) is 0.860. The fourth-order valence-electron chi connectivity index (χ4n) is 1.98. The van der Waals surface area contributed by atoms with Gasteiger partial charge in [0.25, 0.3) is 0 Å². The lowest BCUT2D eigenvalue weighted by atomic mass is 9.92. The van der Waals surface area contributed by atoms with Gasteiger partial charge in [-0.3, -0.25) is 4.79 Å². The van der Waals surface area contributed by atoms with E-state index in [1.54, 1.807) is 27.7 Å². The molecule has 0 fully saturated rings. The second kappa shape index (κ2) is 7.20. The molecule has 0 spiro atoms. The summed E-state index contributed by atoms with van der Waals surface area (Å²) in [6, 6.07) is 3.83. The number of ether oxygens (including phenoxy) is 1. The van der Waals surface area contributed by atoms with Crippen LogP contribution in [0.2, 0.25) is 10.0 Å². The van der Waals surface area contributed by atoms with Gasteiger partial charge in [-0.15, -0.1) is 0 Å². The lowest BCUT2D eigenvalue weighted by molar-refractivity contribution is -0.139. The molecule has 0 saturated carbocycles. The molecule has 0 heterocycles. The zero-order chi connectivity index (χ0) is 17.1. The van der Waals surface area contributed by atoms with Crippen LogP contribution in [0.15, 0.2) is 18.2 Å². The number of benzene rings is 1. The molecule has 2 unspecified atom stereocenters. The highest BCUT2D eigenvalue weighted by atomic mass is 35.5. The Kier molecular flexibility index (Phi) is 6.08. The Bertz CT molecular complexity index is 549. The van der Waals surface area contributed by atoms with Crippen molar-refractivity contribution in [3.63, 3.8) is 0 Å². The van der Waals surface area contributed by atoms with Crippen molar-refractivity contribution < 1.29 is 19.4 Å². The zero-order valence-electron chi connectivity index (χ0n) is 12.8. The van der Waals surface area contributed by atoms with Crippen LogP contribution in [0.5, 0.6) is 0 Å². The SMILES string of the molecule is CC(NC(=O)OC(C)(C)C)C(C(=O)O)c1cc(Cl)cc(Cl)c1. The number of amides is 1. The van der Waals surface area contributed by atoms with Crippen LogP contribution >= 0.6 is 23.2 Å². The molecule has 2 N–H and O–H groups in total. The van der Waals surface area contributed by atoms with Crippen molar-refractivity contribution in [1.29, 1.82) is 0 Å².